The summed E-state index contributed by atoms with van der Waals surface area (Å²) >= 11 is 13.7. The van der Waals surface area contributed by atoms with Crippen LogP contribution in [0.2, 0.25) is 0 Å². The van der Waals surface area contributed by atoms with E-state index in [0.29, 0.717) is 39.3 Å². The van der Waals surface area contributed by atoms with Gasteiger partial charge in [-0.1, -0.05) is 12.2 Å². The van der Waals surface area contributed by atoms with Gasteiger partial charge in [0.25, 0.3) is 0 Å². The molecule has 0 aliphatic rings. The van der Waals surface area contributed by atoms with Gasteiger partial charge in [-0.2, -0.15) is 37.9 Å². The number of aliphatic hydroxyl groups excluding tert-OH is 2. The molecule has 0 saturated carbocycles. The van der Waals surface area contributed by atoms with Crippen molar-refractivity contribution in [2.75, 3.05) is 26.4 Å². The molecule has 0 aromatic rings. The number of rotatable bonds is 18. The van der Waals surface area contributed by atoms with E-state index in [-0.39, 0.29) is 15.7 Å². The molecule has 4 unspecified atom stereocenters. The minimum Gasteiger partial charge on any atom is -0.391 e. The second-order valence-electron chi connectivity index (χ2n) is 6.55. The van der Waals surface area contributed by atoms with Crippen molar-refractivity contribution in [3.63, 3.8) is 0 Å². The van der Waals surface area contributed by atoms with E-state index in [0.717, 1.165) is 25.7 Å². The highest BCUT2D eigenvalue weighted by Crippen LogP contribution is 2.21. The summed E-state index contributed by atoms with van der Waals surface area (Å²) in [5.74, 6) is 0. The highest BCUT2D eigenvalue weighted by molar-refractivity contribution is 7.81. The third kappa shape index (κ3) is 16.5. The molecule has 2 N–H and O–H groups in total. The Bertz CT molecular complexity index is 326. The quantitative estimate of drug-likeness (QED) is 0.133. The molecule has 4 nitrogen and oxygen atoms in total. The Morgan fingerprint density at radius 3 is 1.38 bits per heavy atom. The smallest absolute Gasteiger partial charge is 0.0784 e. The minimum absolute atomic E-state index is 0.127. The lowest BCUT2D eigenvalue weighted by Crippen LogP contribution is -2.21. The third-order valence-electron chi connectivity index (χ3n) is 3.85. The maximum atomic E-state index is 9.87. The topological polar surface area (TPSA) is 58.9 Å². The Morgan fingerprint density at radius 2 is 1.04 bits per heavy atom. The van der Waals surface area contributed by atoms with Crippen LogP contribution in [0, 0.1) is 0 Å². The van der Waals surface area contributed by atoms with E-state index in [1.54, 1.807) is 12.2 Å². The van der Waals surface area contributed by atoms with E-state index in [2.05, 4.69) is 51.0 Å². The molecule has 0 heterocycles. The second kappa shape index (κ2) is 17.5. The van der Waals surface area contributed by atoms with Crippen LogP contribution in [0.3, 0.4) is 0 Å². The molecule has 0 aromatic carbocycles. The van der Waals surface area contributed by atoms with Crippen molar-refractivity contribution in [1.82, 2.24) is 0 Å². The zero-order valence-corrected chi connectivity index (χ0v) is 18.3. The number of thiol groups is 3. The molecule has 0 aliphatic heterocycles. The van der Waals surface area contributed by atoms with E-state index < -0.39 is 12.2 Å². The largest absolute Gasteiger partial charge is 0.391 e. The van der Waals surface area contributed by atoms with Gasteiger partial charge in [-0.15, -0.1) is 13.2 Å². The molecule has 0 fully saturated rings. The Hall–Kier alpha value is 0.370. The minimum atomic E-state index is -0.498. The molecule has 0 saturated heterocycles. The van der Waals surface area contributed by atoms with Gasteiger partial charge in [0.15, 0.2) is 0 Å². The Labute approximate surface area is 175 Å². The Balaban J connectivity index is 3.78. The van der Waals surface area contributed by atoms with Crippen molar-refractivity contribution >= 4 is 37.9 Å². The summed E-state index contributed by atoms with van der Waals surface area (Å²) in [6.07, 6.45) is 7.20. The molecule has 0 spiro atoms. The van der Waals surface area contributed by atoms with Crippen LogP contribution >= 0.6 is 37.9 Å². The van der Waals surface area contributed by atoms with Crippen molar-refractivity contribution in [2.45, 2.75) is 66.5 Å². The summed E-state index contributed by atoms with van der Waals surface area (Å²) in [5, 5.41) is 20.3. The van der Waals surface area contributed by atoms with Crippen LogP contribution in [0.4, 0.5) is 0 Å². The highest BCUT2D eigenvalue weighted by Gasteiger charge is 2.15. The molecule has 0 rings (SSSR count). The van der Waals surface area contributed by atoms with E-state index in [1.807, 2.05) is 0 Å². The van der Waals surface area contributed by atoms with Crippen molar-refractivity contribution in [3.05, 3.63) is 25.3 Å². The van der Waals surface area contributed by atoms with Gasteiger partial charge >= 0.3 is 0 Å². The number of hydrogen-bond donors (Lipinski definition) is 5. The first-order valence-corrected chi connectivity index (χ1v) is 10.7. The van der Waals surface area contributed by atoms with Gasteiger partial charge in [0.05, 0.1) is 38.6 Å². The van der Waals surface area contributed by atoms with Gasteiger partial charge in [-0.25, -0.2) is 0 Å². The molecular weight excluding hydrogens is 388 g/mol. The van der Waals surface area contributed by atoms with Crippen LogP contribution in [0.5, 0.6) is 0 Å². The van der Waals surface area contributed by atoms with E-state index in [4.69, 9.17) is 9.47 Å². The number of ether oxygens (including phenoxy) is 2. The molecule has 0 bridgehead atoms. The standard InChI is InChI=1S/C19H36O4S3/c1-3-9-22-13-15(20)11-18(25)7-5-17(24)6-8-19(26)12-16(21)14-23-10-4-2/h3-4,15-21,24-26H,1-2,5-14H2. The van der Waals surface area contributed by atoms with Gasteiger partial charge in [0.1, 0.15) is 0 Å². The molecule has 7 heteroatoms. The molecule has 0 radical (unpaired) electrons. The monoisotopic (exact) mass is 424 g/mol. The predicted molar refractivity (Wildman–Crippen MR) is 120 cm³/mol. The predicted octanol–water partition coefficient (Wildman–Crippen LogP) is 3.35. The normalized spacial score (nSPS) is 17.3. The van der Waals surface area contributed by atoms with E-state index in [1.165, 1.54) is 0 Å². The van der Waals surface area contributed by atoms with Gasteiger partial charge in [0.2, 0.25) is 0 Å². The van der Waals surface area contributed by atoms with Crippen LogP contribution in [0.25, 0.3) is 0 Å². The van der Waals surface area contributed by atoms with Crippen LogP contribution in [0.1, 0.15) is 38.5 Å². The number of aliphatic hydroxyl groups is 2. The SMILES string of the molecule is C=CCOCC(O)CC(S)CCC(S)CCC(S)CC(O)COCC=C. The zero-order chi connectivity index (χ0) is 19.8. The fourth-order valence-electron chi connectivity index (χ4n) is 2.49. The van der Waals surface area contributed by atoms with Crippen LogP contribution in [0.15, 0.2) is 25.3 Å². The number of hydrogen-bond acceptors (Lipinski definition) is 7. The second-order valence-corrected chi connectivity index (χ2v) is 8.74. The molecular formula is C19H36O4S3. The molecule has 0 aliphatic carbocycles. The summed E-state index contributed by atoms with van der Waals surface area (Å²) < 4.78 is 10.5. The van der Waals surface area contributed by atoms with E-state index in [9.17, 15) is 10.2 Å². The molecule has 26 heavy (non-hydrogen) atoms. The van der Waals surface area contributed by atoms with E-state index >= 15 is 0 Å². The first-order chi connectivity index (χ1) is 12.4. The first-order valence-electron chi connectivity index (χ1n) is 9.16. The Morgan fingerprint density at radius 1 is 0.692 bits per heavy atom. The van der Waals surface area contributed by atoms with Crippen molar-refractivity contribution in [1.29, 1.82) is 0 Å². The fraction of sp³-hybridized carbons (Fsp3) is 0.789. The molecule has 154 valence electrons. The first kappa shape index (κ1) is 26.4. The van der Waals surface area contributed by atoms with Crippen LogP contribution < -0.4 is 0 Å². The molecule has 4 atom stereocenters. The summed E-state index contributed by atoms with van der Waals surface area (Å²) in [7, 11) is 0. The molecule has 0 amide bonds. The average molecular weight is 425 g/mol. The summed E-state index contributed by atoms with van der Waals surface area (Å²) in [6.45, 7) is 8.67. The lowest BCUT2D eigenvalue weighted by molar-refractivity contribution is 0.0440. The van der Waals surface area contributed by atoms with Gasteiger partial charge in [-0.3, -0.25) is 0 Å². The zero-order valence-electron chi connectivity index (χ0n) is 15.6. The van der Waals surface area contributed by atoms with Crippen molar-refractivity contribution in [2.24, 2.45) is 0 Å². The lowest BCUT2D eigenvalue weighted by atomic mass is 10.0. The van der Waals surface area contributed by atoms with Gasteiger partial charge < -0.3 is 19.7 Å². The van der Waals surface area contributed by atoms with Gasteiger partial charge in [0, 0.05) is 15.7 Å². The fourth-order valence-corrected chi connectivity index (χ4v) is 3.57. The third-order valence-corrected chi connectivity index (χ3v) is 5.30. The summed E-state index contributed by atoms with van der Waals surface area (Å²) in [6, 6.07) is 0. The van der Waals surface area contributed by atoms with Crippen molar-refractivity contribution in [3.8, 4) is 0 Å². The van der Waals surface area contributed by atoms with Crippen LogP contribution in [-0.2, 0) is 9.47 Å². The van der Waals surface area contributed by atoms with Crippen LogP contribution in [-0.4, -0.2) is 64.6 Å². The maximum absolute atomic E-state index is 9.87. The lowest BCUT2D eigenvalue weighted by Gasteiger charge is -2.19. The molecule has 0 aromatic heterocycles. The van der Waals surface area contributed by atoms with Gasteiger partial charge in [-0.05, 0) is 38.5 Å². The highest BCUT2D eigenvalue weighted by atomic mass is 32.1. The Kier molecular flexibility index (Phi) is 17.7. The maximum Gasteiger partial charge on any atom is 0.0784 e. The summed E-state index contributed by atoms with van der Waals surface area (Å²) in [5.41, 5.74) is 0. The van der Waals surface area contributed by atoms with Crippen molar-refractivity contribution < 1.29 is 19.7 Å². The average Bonchev–Trinajstić information content (AvgIpc) is 2.58. The summed E-state index contributed by atoms with van der Waals surface area (Å²) in [4.78, 5) is 0.